The number of nitrogens with zero attached hydrogens (tertiary/aromatic N) is 2. The molecule has 1 aliphatic rings. The summed E-state index contributed by atoms with van der Waals surface area (Å²) in [5.74, 6) is 0.427. The van der Waals surface area contributed by atoms with Crippen molar-refractivity contribution in [3.63, 3.8) is 0 Å². The van der Waals surface area contributed by atoms with E-state index in [1.807, 2.05) is 36.4 Å². The van der Waals surface area contributed by atoms with Gasteiger partial charge in [0.1, 0.15) is 22.2 Å². The van der Waals surface area contributed by atoms with E-state index in [1.165, 1.54) is 31.4 Å². The second-order valence-corrected chi connectivity index (χ2v) is 10.9. The third kappa shape index (κ3) is 6.17. The van der Waals surface area contributed by atoms with Crippen molar-refractivity contribution < 1.29 is 22.3 Å². The van der Waals surface area contributed by atoms with Crippen LogP contribution in [0.25, 0.3) is 11.1 Å². The molecule has 4 rings (SSSR count). The predicted octanol–water partition coefficient (Wildman–Crippen LogP) is 4.89. The highest BCUT2D eigenvalue weighted by Crippen LogP contribution is 2.40. The summed E-state index contributed by atoms with van der Waals surface area (Å²) in [6, 6.07) is 19.2. The maximum absolute atomic E-state index is 13.6. The highest BCUT2D eigenvalue weighted by molar-refractivity contribution is 7.91. The summed E-state index contributed by atoms with van der Waals surface area (Å²) < 4.78 is 51.6. The van der Waals surface area contributed by atoms with Gasteiger partial charge in [-0.2, -0.15) is 0 Å². The fraction of sp³-hybridized carbons (Fsp3) is 0.357. The Morgan fingerprint density at radius 2 is 1.64 bits per heavy atom. The number of ether oxygens (including phenoxy) is 2. The number of hydrogen-bond acceptors (Lipinski definition) is 6. The summed E-state index contributed by atoms with van der Waals surface area (Å²) in [5.41, 5.74) is 2.54. The Labute approximate surface area is 213 Å². The second kappa shape index (κ2) is 11.8. The summed E-state index contributed by atoms with van der Waals surface area (Å²) in [6.45, 7) is 6.90. The Hall–Kier alpha value is -3.10. The summed E-state index contributed by atoms with van der Waals surface area (Å²) >= 11 is 0. The molecule has 0 spiro atoms. The van der Waals surface area contributed by atoms with Crippen molar-refractivity contribution >= 4 is 15.5 Å². The molecule has 3 aromatic rings. The molecule has 6 nitrogen and oxygen atoms in total. The molecule has 0 unspecified atom stereocenters. The highest BCUT2D eigenvalue weighted by Gasteiger charge is 2.26. The SMILES string of the molecule is CCN1CCN(c2cc(-c3ccccc3)c(OC)c(S(=O)(=O)CCCOc3ccc(F)cc3)c2)CC1. The lowest BCUT2D eigenvalue weighted by atomic mass is 10.0. The number of halogens is 1. The van der Waals surface area contributed by atoms with E-state index in [2.05, 4.69) is 16.7 Å². The molecule has 0 N–H and O–H groups in total. The molecule has 0 aromatic heterocycles. The van der Waals surface area contributed by atoms with Crippen LogP contribution in [0.5, 0.6) is 11.5 Å². The first kappa shape index (κ1) is 26.0. The summed E-state index contributed by atoms with van der Waals surface area (Å²) in [6.07, 6.45) is 0.295. The molecular weight excluding hydrogens is 479 g/mol. The Morgan fingerprint density at radius 1 is 0.944 bits per heavy atom. The molecule has 0 aliphatic carbocycles. The normalized spacial score (nSPS) is 14.6. The van der Waals surface area contributed by atoms with Crippen molar-refractivity contribution in [1.29, 1.82) is 0 Å². The number of benzene rings is 3. The number of hydrogen-bond donors (Lipinski definition) is 0. The van der Waals surface area contributed by atoms with Crippen LogP contribution >= 0.6 is 0 Å². The van der Waals surface area contributed by atoms with Crippen LogP contribution in [0, 0.1) is 5.82 Å². The van der Waals surface area contributed by atoms with Gasteiger partial charge in [-0.15, -0.1) is 0 Å². The molecule has 0 atom stereocenters. The number of likely N-dealkylation sites (N-methyl/N-ethyl adjacent to an activating group) is 1. The number of sulfone groups is 1. The van der Waals surface area contributed by atoms with Crippen molar-refractivity contribution in [2.45, 2.75) is 18.2 Å². The maximum Gasteiger partial charge on any atom is 0.182 e. The maximum atomic E-state index is 13.6. The molecule has 3 aromatic carbocycles. The van der Waals surface area contributed by atoms with Crippen LogP contribution in [0.2, 0.25) is 0 Å². The van der Waals surface area contributed by atoms with Crippen LogP contribution in [0.4, 0.5) is 10.1 Å². The zero-order chi connectivity index (χ0) is 25.5. The lowest BCUT2D eigenvalue weighted by Gasteiger charge is -2.36. The first-order chi connectivity index (χ1) is 17.4. The average molecular weight is 513 g/mol. The number of anilines is 1. The first-order valence-corrected chi connectivity index (χ1v) is 13.9. The zero-order valence-electron chi connectivity index (χ0n) is 20.8. The van der Waals surface area contributed by atoms with Gasteiger partial charge >= 0.3 is 0 Å². The minimum Gasteiger partial charge on any atom is -0.495 e. The quantitative estimate of drug-likeness (QED) is 0.361. The molecule has 1 aliphatic heterocycles. The Bertz CT molecular complexity index is 1240. The van der Waals surface area contributed by atoms with Gasteiger partial charge in [-0.1, -0.05) is 37.3 Å². The van der Waals surface area contributed by atoms with E-state index in [4.69, 9.17) is 9.47 Å². The fourth-order valence-corrected chi connectivity index (χ4v) is 5.94. The molecular formula is C28H33FN2O4S. The van der Waals surface area contributed by atoms with Crippen molar-refractivity contribution in [1.82, 2.24) is 4.90 Å². The molecule has 192 valence electrons. The van der Waals surface area contributed by atoms with Gasteiger partial charge in [0.15, 0.2) is 9.84 Å². The predicted molar refractivity (Wildman–Crippen MR) is 141 cm³/mol. The molecule has 36 heavy (non-hydrogen) atoms. The van der Waals surface area contributed by atoms with Crippen LogP contribution in [-0.2, 0) is 9.84 Å². The molecule has 1 heterocycles. The van der Waals surface area contributed by atoms with E-state index in [0.717, 1.165) is 49.5 Å². The minimum absolute atomic E-state index is 0.0914. The lowest BCUT2D eigenvalue weighted by molar-refractivity contribution is 0.271. The van der Waals surface area contributed by atoms with Gasteiger partial charge in [0.2, 0.25) is 0 Å². The van der Waals surface area contributed by atoms with Crippen molar-refractivity contribution in [2.24, 2.45) is 0 Å². The standard InChI is InChI=1S/C28H33FN2O4S/c1-3-30-14-16-31(17-15-30)24-20-26(22-8-5-4-6-9-22)28(34-2)27(21-24)36(32,33)19-7-18-35-25-12-10-23(29)11-13-25/h4-6,8-13,20-21H,3,7,14-19H2,1-2H3. The number of methoxy groups -OCH3 is 1. The molecule has 0 radical (unpaired) electrons. The van der Waals surface area contributed by atoms with Gasteiger partial charge in [0.05, 0.1) is 19.5 Å². The average Bonchev–Trinajstić information content (AvgIpc) is 2.92. The Balaban J connectivity index is 1.61. The fourth-order valence-electron chi connectivity index (χ4n) is 4.45. The molecule has 0 saturated carbocycles. The van der Waals surface area contributed by atoms with Gasteiger partial charge in [-0.3, -0.25) is 0 Å². The summed E-state index contributed by atoms with van der Waals surface area (Å²) in [7, 11) is -2.16. The van der Waals surface area contributed by atoms with Crippen molar-refractivity contribution in [3.8, 4) is 22.6 Å². The first-order valence-electron chi connectivity index (χ1n) is 12.3. The highest BCUT2D eigenvalue weighted by atomic mass is 32.2. The molecule has 0 amide bonds. The molecule has 1 saturated heterocycles. The van der Waals surface area contributed by atoms with Crippen LogP contribution in [0.1, 0.15) is 13.3 Å². The third-order valence-electron chi connectivity index (χ3n) is 6.49. The van der Waals surface area contributed by atoms with E-state index < -0.39 is 9.84 Å². The topological polar surface area (TPSA) is 59.1 Å². The Morgan fingerprint density at radius 3 is 2.28 bits per heavy atom. The lowest BCUT2D eigenvalue weighted by Crippen LogP contribution is -2.46. The number of piperazine rings is 1. The van der Waals surface area contributed by atoms with Crippen LogP contribution in [0.3, 0.4) is 0 Å². The van der Waals surface area contributed by atoms with E-state index in [9.17, 15) is 12.8 Å². The van der Waals surface area contributed by atoms with Gasteiger partial charge in [0, 0.05) is 37.4 Å². The van der Waals surface area contributed by atoms with Gasteiger partial charge in [-0.05, 0) is 54.9 Å². The Kier molecular flexibility index (Phi) is 8.48. The smallest absolute Gasteiger partial charge is 0.182 e. The number of rotatable bonds is 10. The molecule has 0 bridgehead atoms. The van der Waals surface area contributed by atoms with Crippen LogP contribution < -0.4 is 14.4 Å². The molecule has 1 fully saturated rings. The van der Waals surface area contributed by atoms with Crippen LogP contribution in [0.15, 0.2) is 71.6 Å². The van der Waals surface area contributed by atoms with Crippen molar-refractivity contribution in [2.75, 3.05) is 57.1 Å². The minimum atomic E-state index is -3.67. The van der Waals surface area contributed by atoms with Crippen LogP contribution in [-0.4, -0.2) is 65.5 Å². The van der Waals surface area contributed by atoms with E-state index in [0.29, 0.717) is 17.9 Å². The second-order valence-electron chi connectivity index (χ2n) is 8.79. The van der Waals surface area contributed by atoms with Crippen molar-refractivity contribution in [3.05, 3.63) is 72.5 Å². The summed E-state index contributed by atoms with van der Waals surface area (Å²) in [5, 5.41) is 0. The zero-order valence-corrected chi connectivity index (χ0v) is 21.6. The van der Waals surface area contributed by atoms with Gasteiger partial charge < -0.3 is 19.3 Å². The van der Waals surface area contributed by atoms with E-state index in [-0.39, 0.29) is 23.1 Å². The third-order valence-corrected chi connectivity index (χ3v) is 8.29. The largest absolute Gasteiger partial charge is 0.495 e. The van der Waals surface area contributed by atoms with Gasteiger partial charge in [0.25, 0.3) is 0 Å². The van der Waals surface area contributed by atoms with E-state index in [1.54, 1.807) is 6.07 Å². The monoisotopic (exact) mass is 512 g/mol. The van der Waals surface area contributed by atoms with E-state index >= 15 is 0 Å². The van der Waals surface area contributed by atoms with Gasteiger partial charge in [-0.25, -0.2) is 12.8 Å². The summed E-state index contributed by atoms with van der Waals surface area (Å²) in [4.78, 5) is 4.83. The molecule has 8 heteroatoms.